The van der Waals surface area contributed by atoms with E-state index in [1.54, 1.807) is 0 Å². The highest BCUT2D eigenvalue weighted by Gasteiger charge is 2.13. The standard InChI is InChI=1S/C19H18N4/c20-19(21)23(22)18-12-11-16(14-7-3-1-4-8-14)13-17(18)15-9-5-2-6-10-15/h1-13H,22H2,(H3,20,21). The molecule has 0 fully saturated rings. The number of nitrogens with two attached hydrogens (primary N) is 2. The molecular formula is C19H18N4. The fraction of sp³-hybridized carbons (Fsp3) is 0. The van der Waals surface area contributed by atoms with Crippen LogP contribution in [0, 0.1) is 5.41 Å². The van der Waals surface area contributed by atoms with Crippen LogP contribution in [-0.4, -0.2) is 5.96 Å². The predicted molar refractivity (Wildman–Crippen MR) is 95.9 cm³/mol. The van der Waals surface area contributed by atoms with Crippen molar-refractivity contribution in [3.05, 3.63) is 78.9 Å². The lowest BCUT2D eigenvalue weighted by atomic mass is 9.97. The number of hydrogen-bond acceptors (Lipinski definition) is 2. The molecule has 3 aromatic rings. The first-order valence-corrected chi connectivity index (χ1v) is 7.30. The van der Waals surface area contributed by atoms with Gasteiger partial charge in [0.15, 0.2) is 0 Å². The highest BCUT2D eigenvalue weighted by atomic mass is 15.5. The average Bonchev–Trinajstić information content (AvgIpc) is 2.62. The van der Waals surface area contributed by atoms with Crippen LogP contribution in [0.15, 0.2) is 78.9 Å². The Morgan fingerprint density at radius 3 is 1.87 bits per heavy atom. The smallest absolute Gasteiger partial charge is 0.207 e. The fourth-order valence-corrected chi connectivity index (χ4v) is 2.53. The first-order valence-electron chi connectivity index (χ1n) is 7.30. The van der Waals surface area contributed by atoms with Gasteiger partial charge in [-0.1, -0.05) is 66.7 Å². The summed E-state index contributed by atoms with van der Waals surface area (Å²) in [7, 11) is 0. The quantitative estimate of drug-likeness (QED) is 0.299. The highest BCUT2D eigenvalue weighted by molar-refractivity contribution is 5.97. The van der Waals surface area contributed by atoms with E-state index in [2.05, 4.69) is 18.2 Å². The molecule has 3 rings (SSSR count). The van der Waals surface area contributed by atoms with Gasteiger partial charge in [0.1, 0.15) is 0 Å². The van der Waals surface area contributed by atoms with Crippen LogP contribution in [0.25, 0.3) is 22.3 Å². The van der Waals surface area contributed by atoms with Gasteiger partial charge in [-0.3, -0.25) is 5.41 Å². The average molecular weight is 302 g/mol. The van der Waals surface area contributed by atoms with Crippen molar-refractivity contribution in [2.24, 2.45) is 11.6 Å². The third kappa shape index (κ3) is 3.07. The van der Waals surface area contributed by atoms with Crippen molar-refractivity contribution in [3.8, 4) is 22.3 Å². The zero-order chi connectivity index (χ0) is 16.2. The molecule has 0 aliphatic carbocycles. The first kappa shape index (κ1) is 14.8. The topological polar surface area (TPSA) is 79.1 Å². The number of rotatable bonds is 3. The molecule has 0 saturated carbocycles. The van der Waals surface area contributed by atoms with Crippen molar-refractivity contribution in [3.63, 3.8) is 0 Å². The second-order valence-corrected chi connectivity index (χ2v) is 5.22. The second kappa shape index (κ2) is 6.34. The summed E-state index contributed by atoms with van der Waals surface area (Å²) in [6, 6.07) is 26.0. The van der Waals surface area contributed by atoms with Gasteiger partial charge in [0.2, 0.25) is 5.96 Å². The number of benzene rings is 3. The van der Waals surface area contributed by atoms with Crippen LogP contribution in [0.1, 0.15) is 0 Å². The number of nitrogens with one attached hydrogen (secondary N) is 1. The maximum atomic E-state index is 7.59. The lowest BCUT2D eigenvalue weighted by Crippen LogP contribution is -2.42. The van der Waals surface area contributed by atoms with Crippen LogP contribution in [0.3, 0.4) is 0 Å². The summed E-state index contributed by atoms with van der Waals surface area (Å²) in [5, 5.41) is 8.78. The monoisotopic (exact) mass is 302 g/mol. The lowest BCUT2D eigenvalue weighted by molar-refractivity contribution is 1.09. The molecule has 0 heterocycles. The lowest BCUT2D eigenvalue weighted by Gasteiger charge is -2.21. The van der Waals surface area contributed by atoms with Crippen LogP contribution in [-0.2, 0) is 0 Å². The van der Waals surface area contributed by atoms with E-state index in [0.717, 1.165) is 22.3 Å². The Labute approximate surface area is 135 Å². The summed E-state index contributed by atoms with van der Waals surface area (Å²) in [5.41, 5.74) is 10.4. The van der Waals surface area contributed by atoms with Crippen molar-refractivity contribution in [1.82, 2.24) is 0 Å². The zero-order valence-electron chi connectivity index (χ0n) is 12.6. The van der Waals surface area contributed by atoms with Gasteiger partial charge in [0.25, 0.3) is 0 Å². The molecule has 0 amide bonds. The van der Waals surface area contributed by atoms with Crippen molar-refractivity contribution in [2.45, 2.75) is 0 Å². The zero-order valence-corrected chi connectivity index (χ0v) is 12.6. The molecule has 0 aliphatic rings. The molecule has 0 saturated heterocycles. The summed E-state index contributed by atoms with van der Waals surface area (Å²) in [6.45, 7) is 0. The Bertz CT molecular complexity index is 813. The molecule has 0 radical (unpaired) electrons. The van der Waals surface area contributed by atoms with Crippen LogP contribution in [0.4, 0.5) is 5.69 Å². The van der Waals surface area contributed by atoms with Gasteiger partial charge in [0.05, 0.1) is 5.69 Å². The normalized spacial score (nSPS) is 10.3. The molecule has 114 valence electrons. The molecule has 23 heavy (non-hydrogen) atoms. The summed E-state index contributed by atoms with van der Waals surface area (Å²) < 4.78 is 0. The highest BCUT2D eigenvalue weighted by Crippen LogP contribution is 2.34. The second-order valence-electron chi connectivity index (χ2n) is 5.22. The van der Waals surface area contributed by atoms with Gasteiger partial charge in [-0.05, 0) is 28.8 Å². The minimum atomic E-state index is -0.199. The molecule has 0 bridgehead atoms. The Kier molecular flexibility index (Phi) is 4.08. The molecule has 0 aliphatic heterocycles. The van der Waals surface area contributed by atoms with E-state index in [-0.39, 0.29) is 5.96 Å². The molecule has 3 aromatic carbocycles. The largest absolute Gasteiger partial charge is 0.369 e. The van der Waals surface area contributed by atoms with Gasteiger partial charge in [-0.15, -0.1) is 0 Å². The van der Waals surface area contributed by atoms with E-state index in [0.29, 0.717) is 5.69 Å². The van der Waals surface area contributed by atoms with E-state index in [1.165, 1.54) is 5.01 Å². The summed E-state index contributed by atoms with van der Waals surface area (Å²) in [6.07, 6.45) is 0. The molecule has 4 heteroatoms. The summed E-state index contributed by atoms with van der Waals surface area (Å²) in [4.78, 5) is 0. The Morgan fingerprint density at radius 1 is 0.739 bits per heavy atom. The molecule has 0 atom stereocenters. The Morgan fingerprint density at radius 2 is 1.30 bits per heavy atom. The van der Waals surface area contributed by atoms with E-state index >= 15 is 0 Å². The van der Waals surface area contributed by atoms with Crippen molar-refractivity contribution < 1.29 is 0 Å². The van der Waals surface area contributed by atoms with Gasteiger partial charge in [-0.2, -0.15) is 0 Å². The summed E-state index contributed by atoms with van der Waals surface area (Å²) >= 11 is 0. The summed E-state index contributed by atoms with van der Waals surface area (Å²) in [5.74, 6) is 5.75. The number of guanidine groups is 1. The SMILES string of the molecule is N=C(N)N(N)c1ccc(-c2ccccc2)cc1-c1ccccc1. The van der Waals surface area contributed by atoms with Crippen molar-refractivity contribution in [2.75, 3.05) is 5.01 Å². The van der Waals surface area contributed by atoms with Gasteiger partial charge in [-0.25, -0.2) is 10.9 Å². The van der Waals surface area contributed by atoms with Crippen LogP contribution in [0.5, 0.6) is 0 Å². The fourth-order valence-electron chi connectivity index (χ4n) is 2.53. The number of hydrogen-bond donors (Lipinski definition) is 3. The molecule has 4 nitrogen and oxygen atoms in total. The number of hydrazine groups is 1. The molecule has 0 aromatic heterocycles. The third-order valence-electron chi connectivity index (χ3n) is 3.71. The van der Waals surface area contributed by atoms with Crippen molar-refractivity contribution in [1.29, 1.82) is 5.41 Å². The van der Waals surface area contributed by atoms with Crippen LogP contribution >= 0.6 is 0 Å². The van der Waals surface area contributed by atoms with Crippen LogP contribution in [0.2, 0.25) is 0 Å². The Hall–Kier alpha value is -3.11. The number of nitrogens with zero attached hydrogens (tertiary/aromatic N) is 1. The predicted octanol–water partition coefficient (Wildman–Crippen LogP) is 3.59. The minimum Gasteiger partial charge on any atom is -0.369 e. The number of anilines is 1. The van der Waals surface area contributed by atoms with Gasteiger partial charge >= 0.3 is 0 Å². The van der Waals surface area contributed by atoms with E-state index in [4.69, 9.17) is 17.0 Å². The maximum absolute atomic E-state index is 7.59. The van der Waals surface area contributed by atoms with Gasteiger partial charge in [0, 0.05) is 5.56 Å². The molecule has 5 N–H and O–H groups in total. The molecule has 0 unspecified atom stereocenters. The van der Waals surface area contributed by atoms with Crippen molar-refractivity contribution >= 4 is 11.6 Å². The van der Waals surface area contributed by atoms with Gasteiger partial charge < -0.3 is 5.73 Å². The minimum absolute atomic E-state index is 0.199. The molecular weight excluding hydrogens is 284 g/mol. The molecule has 0 spiro atoms. The van der Waals surface area contributed by atoms with E-state index in [1.807, 2.05) is 60.7 Å². The van der Waals surface area contributed by atoms with E-state index < -0.39 is 0 Å². The maximum Gasteiger partial charge on any atom is 0.207 e. The Balaban J connectivity index is 2.17. The third-order valence-corrected chi connectivity index (χ3v) is 3.71. The first-order chi connectivity index (χ1) is 11.2. The van der Waals surface area contributed by atoms with Crippen LogP contribution < -0.4 is 16.6 Å². The van der Waals surface area contributed by atoms with E-state index in [9.17, 15) is 0 Å².